The second-order valence-corrected chi connectivity index (χ2v) is 5.86. The first-order chi connectivity index (χ1) is 8.29. The third-order valence-corrected chi connectivity index (χ3v) is 3.59. The highest BCUT2D eigenvalue weighted by atomic mass is 16.5. The summed E-state index contributed by atoms with van der Waals surface area (Å²) >= 11 is 0. The zero-order valence-corrected chi connectivity index (χ0v) is 11.8. The lowest BCUT2D eigenvalue weighted by Crippen LogP contribution is -2.20. The summed E-state index contributed by atoms with van der Waals surface area (Å²) in [6.07, 6.45) is 9.47. The Labute approximate surface area is 108 Å². The summed E-state index contributed by atoms with van der Waals surface area (Å²) in [5, 5.41) is 3.48. The van der Waals surface area contributed by atoms with Crippen LogP contribution in [0.3, 0.4) is 0 Å². The molecule has 1 rings (SSSR count). The molecule has 0 aliphatic heterocycles. The molecule has 0 aromatic rings. The molecule has 102 valence electrons. The molecular formula is C15H31NO. The molecule has 0 aromatic heterocycles. The molecule has 2 nitrogen and oxygen atoms in total. The van der Waals surface area contributed by atoms with Gasteiger partial charge in [-0.1, -0.05) is 33.1 Å². The van der Waals surface area contributed by atoms with E-state index in [0.29, 0.717) is 0 Å². The van der Waals surface area contributed by atoms with Crippen LogP contribution in [0.2, 0.25) is 0 Å². The van der Waals surface area contributed by atoms with Crippen LogP contribution < -0.4 is 5.32 Å². The SMILES string of the molecule is CC(C)CNCCCCCOCCC1CCC1. The van der Waals surface area contributed by atoms with E-state index >= 15 is 0 Å². The van der Waals surface area contributed by atoms with Crippen LogP contribution in [0.1, 0.15) is 58.8 Å². The summed E-state index contributed by atoms with van der Waals surface area (Å²) in [7, 11) is 0. The van der Waals surface area contributed by atoms with E-state index in [4.69, 9.17) is 4.74 Å². The molecule has 2 heteroatoms. The Balaban J connectivity index is 1.66. The summed E-state index contributed by atoms with van der Waals surface area (Å²) < 4.78 is 5.66. The maximum atomic E-state index is 5.66. The maximum Gasteiger partial charge on any atom is 0.0468 e. The second-order valence-electron chi connectivity index (χ2n) is 5.86. The van der Waals surface area contributed by atoms with Crippen LogP contribution in [0.4, 0.5) is 0 Å². The highest BCUT2D eigenvalue weighted by Crippen LogP contribution is 2.29. The zero-order chi connectivity index (χ0) is 12.3. The molecule has 0 saturated heterocycles. The minimum absolute atomic E-state index is 0.768. The number of rotatable bonds is 11. The molecule has 0 spiro atoms. The second kappa shape index (κ2) is 9.90. The number of hydrogen-bond donors (Lipinski definition) is 1. The van der Waals surface area contributed by atoms with Crippen LogP contribution in [0.25, 0.3) is 0 Å². The number of hydrogen-bond acceptors (Lipinski definition) is 2. The summed E-state index contributed by atoms with van der Waals surface area (Å²) in [4.78, 5) is 0. The molecule has 1 N–H and O–H groups in total. The van der Waals surface area contributed by atoms with Crippen molar-refractivity contribution in [3.8, 4) is 0 Å². The molecule has 0 unspecified atom stereocenters. The maximum absolute atomic E-state index is 5.66. The molecular weight excluding hydrogens is 210 g/mol. The van der Waals surface area contributed by atoms with E-state index in [1.54, 1.807) is 0 Å². The van der Waals surface area contributed by atoms with Crippen molar-refractivity contribution >= 4 is 0 Å². The van der Waals surface area contributed by atoms with Gasteiger partial charge in [0.15, 0.2) is 0 Å². The van der Waals surface area contributed by atoms with Gasteiger partial charge in [-0.2, -0.15) is 0 Å². The molecule has 17 heavy (non-hydrogen) atoms. The molecule has 1 aliphatic rings. The minimum Gasteiger partial charge on any atom is -0.381 e. The van der Waals surface area contributed by atoms with Crippen molar-refractivity contribution in [1.29, 1.82) is 0 Å². The monoisotopic (exact) mass is 241 g/mol. The highest BCUT2D eigenvalue weighted by Gasteiger charge is 2.16. The molecule has 0 bridgehead atoms. The van der Waals surface area contributed by atoms with Gasteiger partial charge in [0.05, 0.1) is 0 Å². The van der Waals surface area contributed by atoms with Gasteiger partial charge in [0.1, 0.15) is 0 Å². The lowest BCUT2D eigenvalue weighted by Gasteiger charge is -2.24. The van der Waals surface area contributed by atoms with Gasteiger partial charge in [-0.3, -0.25) is 0 Å². The molecule has 1 aliphatic carbocycles. The average Bonchev–Trinajstić information content (AvgIpc) is 2.23. The fourth-order valence-corrected chi connectivity index (χ4v) is 2.16. The van der Waals surface area contributed by atoms with Crippen molar-refractivity contribution in [3.63, 3.8) is 0 Å². The standard InChI is InChI=1S/C15H31NO/c1-14(2)13-16-10-4-3-5-11-17-12-9-15-7-6-8-15/h14-16H,3-13H2,1-2H3. The fraction of sp³-hybridized carbons (Fsp3) is 1.00. The Kier molecular flexibility index (Phi) is 8.72. The highest BCUT2D eigenvalue weighted by molar-refractivity contribution is 4.68. The predicted octanol–water partition coefficient (Wildman–Crippen LogP) is 3.61. The van der Waals surface area contributed by atoms with Crippen molar-refractivity contribution in [1.82, 2.24) is 5.32 Å². The Morgan fingerprint density at radius 1 is 1.12 bits per heavy atom. The van der Waals surface area contributed by atoms with Crippen LogP contribution in [0.15, 0.2) is 0 Å². The van der Waals surface area contributed by atoms with E-state index in [0.717, 1.165) is 31.6 Å². The Morgan fingerprint density at radius 3 is 2.59 bits per heavy atom. The third-order valence-electron chi connectivity index (χ3n) is 3.59. The van der Waals surface area contributed by atoms with E-state index in [-0.39, 0.29) is 0 Å². The van der Waals surface area contributed by atoms with Crippen molar-refractivity contribution in [3.05, 3.63) is 0 Å². The largest absolute Gasteiger partial charge is 0.381 e. The van der Waals surface area contributed by atoms with E-state index < -0.39 is 0 Å². The Bertz CT molecular complexity index is 166. The van der Waals surface area contributed by atoms with Crippen molar-refractivity contribution < 1.29 is 4.74 Å². The minimum atomic E-state index is 0.768. The molecule has 0 atom stereocenters. The van der Waals surface area contributed by atoms with Gasteiger partial charge >= 0.3 is 0 Å². The topological polar surface area (TPSA) is 21.3 Å². The Hall–Kier alpha value is -0.0800. The number of unbranched alkanes of at least 4 members (excludes halogenated alkanes) is 2. The van der Waals surface area contributed by atoms with Crippen LogP contribution in [-0.4, -0.2) is 26.3 Å². The van der Waals surface area contributed by atoms with E-state index in [1.165, 1.54) is 51.5 Å². The first kappa shape index (κ1) is 15.0. The van der Waals surface area contributed by atoms with Crippen LogP contribution in [-0.2, 0) is 4.74 Å². The van der Waals surface area contributed by atoms with Gasteiger partial charge in [0.2, 0.25) is 0 Å². The Morgan fingerprint density at radius 2 is 1.94 bits per heavy atom. The lowest BCUT2D eigenvalue weighted by atomic mass is 9.83. The van der Waals surface area contributed by atoms with Crippen molar-refractivity contribution in [2.45, 2.75) is 58.8 Å². The summed E-state index contributed by atoms with van der Waals surface area (Å²) in [5.74, 6) is 1.76. The van der Waals surface area contributed by atoms with Crippen LogP contribution >= 0.6 is 0 Å². The zero-order valence-electron chi connectivity index (χ0n) is 11.8. The van der Waals surface area contributed by atoms with E-state index in [9.17, 15) is 0 Å². The van der Waals surface area contributed by atoms with Crippen molar-refractivity contribution in [2.24, 2.45) is 11.8 Å². The van der Waals surface area contributed by atoms with E-state index in [1.807, 2.05) is 0 Å². The lowest BCUT2D eigenvalue weighted by molar-refractivity contribution is 0.103. The van der Waals surface area contributed by atoms with Gasteiger partial charge in [-0.25, -0.2) is 0 Å². The number of nitrogens with one attached hydrogen (secondary N) is 1. The molecule has 0 aromatic carbocycles. The van der Waals surface area contributed by atoms with E-state index in [2.05, 4.69) is 19.2 Å². The van der Waals surface area contributed by atoms with Crippen molar-refractivity contribution in [2.75, 3.05) is 26.3 Å². The average molecular weight is 241 g/mol. The van der Waals surface area contributed by atoms with Gasteiger partial charge in [0.25, 0.3) is 0 Å². The predicted molar refractivity (Wildman–Crippen MR) is 74.3 cm³/mol. The third kappa shape index (κ3) is 8.62. The smallest absolute Gasteiger partial charge is 0.0468 e. The molecule has 1 saturated carbocycles. The van der Waals surface area contributed by atoms with Gasteiger partial charge in [-0.15, -0.1) is 0 Å². The van der Waals surface area contributed by atoms with Crippen LogP contribution in [0.5, 0.6) is 0 Å². The molecule has 0 amide bonds. The molecule has 0 heterocycles. The summed E-state index contributed by atoms with van der Waals surface area (Å²) in [5.41, 5.74) is 0. The van der Waals surface area contributed by atoms with Gasteiger partial charge in [-0.05, 0) is 50.6 Å². The number of ether oxygens (including phenoxy) is 1. The fourth-order valence-electron chi connectivity index (χ4n) is 2.16. The van der Waals surface area contributed by atoms with Gasteiger partial charge < -0.3 is 10.1 Å². The quantitative estimate of drug-likeness (QED) is 0.558. The first-order valence-corrected chi connectivity index (χ1v) is 7.57. The van der Waals surface area contributed by atoms with Gasteiger partial charge in [0, 0.05) is 13.2 Å². The summed E-state index contributed by atoms with van der Waals surface area (Å²) in [6, 6.07) is 0. The van der Waals surface area contributed by atoms with Crippen LogP contribution in [0, 0.1) is 11.8 Å². The summed E-state index contributed by atoms with van der Waals surface area (Å²) in [6.45, 7) is 8.79. The normalized spacial score (nSPS) is 16.4. The first-order valence-electron chi connectivity index (χ1n) is 7.57. The molecule has 1 fully saturated rings. The molecule has 0 radical (unpaired) electrons.